The standard InChI is InChI=1S/C17H33BN6O3/c1-6-8-9-10-13(25)11-12-24-15(20-22-23-24)14(7-2)19-16(26)17(3,4)21-18(5)27/h14,21,27H,6-12H2,1-5H3,(H,19,26)/t14-/m1/s1. The lowest BCUT2D eigenvalue weighted by Gasteiger charge is -2.28. The maximum absolute atomic E-state index is 12.6. The third-order valence-electron chi connectivity index (χ3n) is 4.38. The van der Waals surface area contributed by atoms with Gasteiger partial charge in [-0.2, -0.15) is 0 Å². The van der Waals surface area contributed by atoms with Crippen molar-refractivity contribution in [2.75, 3.05) is 0 Å². The SMILES string of the molecule is CCCCCC(=O)CCn1nnnc1[C@@H](CC)NC(=O)C(C)(C)NB(C)O. The molecule has 1 aromatic rings. The molecular formula is C17H33BN6O3. The first-order valence-corrected chi connectivity index (χ1v) is 9.75. The van der Waals surface area contributed by atoms with Crippen LogP contribution in [0.1, 0.15) is 78.1 Å². The van der Waals surface area contributed by atoms with Gasteiger partial charge in [-0.05, 0) is 43.9 Å². The minimum absolute atomic E-state index is 0.198. The normalized spacial score (nSPS) is 12.7. The molecule has 0 aromatic carbocycles. The van der Waals surface area contributed by atoms with E-state index in [9.17, 15) is 14.6 Å². The molecule has 1 heterocycles. The summed E-state index contributed by atoms with van der Waals surface area (Å²) in [6.07, 6.45) is 4.61. The lowest BCUT2D eigenvalue weighted by Crippen LogP contribution is -2.57. The van der Waals surface area contributed by atoms with Crippen LogP contribution in [0.25, 0.3) is 0 Å². The van der Waals surface area contributed by atoms with Crippen molar-refractivity contribution in [3.05, 3.63) is 5.82 Å². The molecule has 27 heavy (non-hydrogen) atoms. The number of unbranched alkanes of at least 4 members (excludes halogenated alkanes) is 2. The molecule has 1 aromatic heterocycles. The molecule has 0 radical (unpaired) electrons. The second kappa shape index (κ2) is 11.1. The second-order valence-corrected chi connectivity index (χ2v) is 7.39. The number of Topliss-reactive ketones (excluding diaryl/α,β-unsaturated/α-hetero) is 1. The third kappa shape index (κ3) is 7.76. The topological polar surface area (TPSA) is 122 Å². The smallest absolute Gasteiger partial charge is 0.374 e. The van der Waals surface area contributed by atoms with Crippen molar-refractivity contribution in [2.45, 2.75) is 91.2 Å². The first kappa shape index (κ1) is 23.2. The fourth-order valence-electron chi connectivity index (χ4n) is 2.82. The molecule has 3 N–H and O–H groups in total. The second-order valence-electron chi connectivity index (χ2n) is 7.39. The van der Waals surface area contributed by atoms with E-state index < -0.39 is 12.6 Å². The van der Waals surface area contributed by atoms with Crippen LogP contribution < -0.4 is 10.5 Å². The van der Waals surface area contributed by atoms with E-state index in [0.717, 1.165) is 19.3 Å². The van der Waals surface area contributed by atoms with Gasteiger partial charge in [0.1, 0.15) is 5.78 Å². The summed E-state index contributed by atoms with van der Waals surface area (Å²) in [7, 11) is -0.810. The molecular weight excluding hydrogens is 347 g/mol. The van der Waals surface area contributed by atoms with E-state index in [-0.39, 0.29) is 17.7 Å². The Morgan fingerprint density at radius 1 is 1.26 bits per heavy atom. The quantitative estimate of drug-likeness (QED) is 0.348. The van der Waals surface area contributed by atoms with Crippen LogP contribution >= 0.6 is 0 Å². The molecule has 152 valence electrons. The van der Waals surface area contributed by atoms with Crippen LogP contribution in [0, 0.1) is 0 Å². The minimum Gasteiger partial charge on any atom is -0.437 e. The van der Waals surface area contributed by atoms with Crippen molar-refractivity contribution >= 4 is 18.7 Å². The molecule has 0 spiro atoms. The summed E-state index contributed by atoms with van der Waals surface area (Å²) < 4.78 is 1.58. The Morgan fingerprint density at radius 2 is 1.96 bits per heavy atom. The number of nitrogens with zero attached hydrogens (tertiary/aromatic N) is 4. The average molecular weight is 380 g/mol. The van der Waals surface area contributed by atoms with E-state index >= 15 is 0 Å². The molecule has 0 unspecified atom stereocenters. The zero-order chi connectivity index (χ0) is 20.4. The largest absolute Gasteiger partial charge is 0.437 e. The van der Waals surface area contributed by atoms with Gasteiger partial charge in [-0.3, -0.25) is 9.59 Å². The van der Waals surface area contributed by atoms with Crippen LogP contribution in [0.5, 0.6) is 0 Å². The summed E-state index contributed by atoms with van der Waals surface area (Å²) in [6, 6.07) is -0.377. The minimum atomic E-state index is -0.949. The summed E-state index contributed by atoms with van der Waals surface area (Å²) in [6.45, 7) is 9.38. The number of carbonyl (C=O) groups is 2. The van der Waals surface area contributed by atoms with Crippen LogP contribution in [-0.4, -0.2) is 49.5 Å². The third-order valence-corrected chi connectivity index (χ3v) is 4.38. The molecule has 0 saturated heterocycles. The fraction of sp³-hybridized carbons (Fsp3) is 0.824. The Bertz CT molecular complexity index is 605. The van der Waals surface area contributed by atoms with Gasteiger partial charge in [0.15, 0.2) is 5.82 Å². The Balaban J connectivity index is 2.71. The first-order valence-electron chi connectivity index (χ1n) is 9.75. The highest BCUT2D eigenvalue weighted by atomic mass is 16.2. The Hall–Kier alpha value is -1.81. The lowest BCUT2D eigenvalue weighted by atomic mass is 9.83. The molecule has 9 nitrogen and oxygen atoms in total. The highest BCUT2D eigenvalue weighted by Crippen LogP contribution is 2.16. The molecule has 0 aliphatic carbocycles. The molecule has 0 saturated carbocycles. The molecule has 0 aliphatic heterocycles. The number of hydrogen-bond donors (Lipinski definition) is 3. The van der Waals surface area contributed by atoms with E-state index in [0.29, 0.717) is 31.6 Å². The monoisotopic (exact) mass is 380 g/mol. The number of hydrogen-bond acceptors (Lipinski definition) is 7. The molecule has 1 atom stereocenters. The van der Waals surface area contributed by atoms with Gasteiger partial charge in [0, 0.05) is 12.8 Å². The molecule has 0 fully saturated rings. The predicted molar refractivity (Wildman–Crippen MR) is 104 cm³/mol. The van der Waals surface area contributed by atoms with Gasteiger partial charge < -0.3 is 15.6 Å². The Labute approximate surface area is 161 Å². The number of rotatable bonds is 13. The van der Waals surface area contributed by atoms with Gasteiger partial charge >= 0.3 is 7.05 Å². The highest BCUT2D eigenvalue weighted by Gasteiger charge is 2.32. The van der Waals surface area contributed by atoms with Crippen molar-refractivity contribution in [2.24, 2.45) is 0 Å². The Kier molecular flexibility index (Phi) is 9.58. The zero-order valence-corrected chi connectivity index (χ0v) is 17.2. The van der Waals surface area contributed by atoms with Gasteiger partial charge in [-0.1, -0.05) is 26.7 Å². The van der Waals surface area contributed by atoms with Crippen LogP contribution in [0.4, 0.5) is 0 Å². The van der Waals surface area contributed by atoms with Gasteiger partial charge in [-0.15, -0.1) is 5.10 Å². The van der Waals surface area contributed by atoms with Crippen LogP contribution in [0.2, 0.25) is 6.82 Å². The summed E-state index contributed by atoms with van der Waals surface area (Å²) in [4.78, 5) is 24.6. The molecule has 0 aliphatic rings. The van der Waals surface area contributed by atoms with Crippen molar-refractivity contribution in [1.29, 1.82) is 0 Å². The number of aromatic nitrogens is 4. The number of nitrogens with one attached hydrogen (secondary N) is 2. The number of carbonyl (C=O) groups excluding carboxylic acids is 2. The van der Waals surface area contributed by atoms with Gasteiger partial charge in [-0.25, -0.2) is 4.68 Å². The summed E-state index contributed by atoms with van der Waals surface area (Å²) in [5, 5.41) is 27.0. The number of amides is 1. The van der Waals surface area contributed by atoms with Crippen molar-refractivity contribution in [3.8, 4) is 0 Å². The Morgan fingerprint density at radius 3 is 2.56 bits per heavy atom. The highest BCUT2D eigenvalue weighted by molar-refractivity contribution is 6.46. The summed E-state index contributed by atoms with van der Waals surface area (Å²) >= 11 is 0. The fourth-order valence-corrected chi connectivity index (χ4v) is 2.82. The van der Waals surface area contributed by atoms with E-state index in [1.807, 2.05) is 6.92 Å². The zero-order valence-electron chi connectivity index (χ0n) is 17.2. The molecule has 1 rings (SSSR count). The lowest BCUT2D eigenvalue weighted by molar-refractivity contribution is -0.126. The predicted octanol–water partition coefficient (Wildman–Crippen LogP) is 1.26. The van der Waals surface area contributed by atoms with E-state index in [1.54, 1.807) is 25.4 Å². The van der Waals surface area contributed by atoms with Crippen molar-refractivity contribution in [3.63, 3.8) is 0 Å². The van der Waals surface area contributed by atoms with Crippen LogP contribution in [0.3, 0.4) is 0 Å². The van der Waals surface area contributed by atoms with E-state index in [4.69, 9.17) is 0 Å². The molecule has 1 amide bonds. The number of aryl methyl sites for hydroxylation is 1. The average Bonchev–Trinajstić information content (AvgIpc) is 3.05. The van der Waals surface area contributed by atoms with E-state index in [2.05, 4.69) is 33.0 Å². The number of ketones is 1. The molecule has 0 bridgehead atoms. The van der Waals surface area contributed by atoms with Crippen LogP contribution in [0.15, 0.2) is 0 Å². The first-order chi connectivity index (χ1) is 12.7. The van der Waals surface area contributed by atoms with Gasteiger partial charge in [0.25, 0.3) is 0 Å². The summed E-state index contributed by atoms with van der Waals surface area (Å²) in [5.74, 6) is 0.463. The van der Waals surface area contributed by atoms with Gasteiger partial charge in [0.2, 0.25) is 5.91 Å². The number of tetrazole rings is 1. The van der Waals surface area contributed by atoms with Crippen molar-refractivity contribution in [1.82, 2.24) is 30.8 Å². The maximum Gasteiger partial charge on any atom is 0.374 e. The summed E-state index contributed by atoms with van der Waals surface area (Å²) in [5.41, 5.74) is -0.949. The van der Waals surface area contributed by atoms with Crippen LogP contribution in [-0.2, 0) is 16.1 Å². The maximum atomic E-state index is 12.6. The molecule has 10 heteroatoms. The van der Waals surface area contributed by atoms with Crippen molar-refractivity contribution < 1.29 is 14.6 Å². The van der Waals surface area contributed by atoms with E-state index in [1.165, 1.54) is 0 Å². The van der Waals surface area contributed by atoms with Gasteiger partial charge in [0.05, 0.1) is 18.1 Å².